The first-order valence-corrected chi connectivity index (χ1v) is 6.83. The van der Waals surface area contributed by atoms with Crippen molar-refractivity contribution in [1.82, 2.24) is 14.9 Å². The second-order valence-electron chi connectivity index (χ2n) is 4.95. The van der Waals surface area contributed by atoms with Crippen molar-refractivity contribution < 1.29 is 13.2 Å². The number of hydrogen-bond donors (Lipinski definition) is 1. The lowest BCUT2D eigenvalue weighted by Crippen LogP contribution is -2.21. The van der Waals surface area contributed by atoms with Crippen LogP contribution in [0.5, 0.6) is 0 Å². The maximum atomic E-state index is 12.5. The zero-order chi connectivity index (χ0) is 15.3. The molecule has 0 saturated heterocycles. The lowest BCUT2D eigenvalue weighted by Gasteiger charge is -2.15. The minimum absolute atomic E-state index is 0.0232. The third kappa shape index (κ3) is 4.60. The zero-order valence-electron chi connectivity index (χ0n) is 11.8. The van der Waals surface area contributed by atoms with Crippen molar-refractivity contribution in [2.24, 2.45) is 0 Å². The SMILES string of the molecule is CC(NCCCn1ccnc1)c1ccc(C(F)(F)F)cc1. The molecule has 21 heavy (non-hydrogen) atoms. The molecule has 2 aromatic rings. The highest BCUT2D eigenvalue weighted by atomic mass is 19.4. The molecule has 1 N–H and O–H groups in total. The maximum Gasteiger partial charge on any atom is 0.416 e. The third-order valence-electron chi connectivity index (χ3n) is 3.34. The van der Waals surface area contributed by atoms with Gasteiger partial charge in [0.2, 0.25) is 0 Å². The fraction of sp³-hybridized carbons (Fsp3) is 0.400. The van der Waals surface area contributed by atoms with E-state index in [-0.39, 0.29) is 6.04 Å². The number of nitrogens with one attached hydrogen (secondary N) is 1. The van der Waals surface area contributed by atoms with Gasteiger partial charge in [-0.05, 0) is 37.6 Å². The molecule has 6 heteroatoms. The number of aryl methyl sites for hydroxylation is 1. The van der Waals surface area contributed by atoms with Gasteiger partial charge in [-0.15, -0.1) is 0 Å². The van der Waals surface area contributed by atoms with Crippen LogP contribution in [0.1, 0.15) is 30.5 Å². The highest BCUT2D eigenvalue weighted by Crippen LogP contribution is 2.29. The van der Waals surface area contributed by atoms with E-state index in [4.69, 9.17) is 0 Å². The molecule has 1 atom stereocenters. The van der Waals surface area contributed by atoms with Crippen molar-refractivity contribution in [3.63, 3.8) is 0 Å². The van der Waals surface area contributed by atoms with Crippen LogP contribution >= 0.6 is 0 Å². The fourth-order valence-corrected chi connectivity index (χ4v) is 2.08. The van der Waals surface area contributed by atoms with Crippen molar-refractivity contribution in [3.8, 4) is 0 Å². The van der Waals surface area contributed by atoms with Gasteiger partial charge >= 0.3 is 6.18 Å². The standard InChI is InChI=1S/C15H18F3N3/c1-12(20-7-2-9-21-10-8-19-11-21)13-3-5-14(6-4-13)15(16,17)18/h3-6,8,10-12,20H,2,7,9H2,1H3. The first-order chi connectivity index (χ1) is 9.97. The highest BCUT2D eigenvalue weighted by Gasteiger charge is 2.30. The highest BCUT2D eigenvalue weighted by molar-refractivity contribution is 5.26. The van der Waals surface area contributed by atoms with E-state index in [1.165, 1.54) is 12.1 Å². The molecule has 0 fully saturated rings. The van der Waals surface area contributed by atoms with Crippen LogP contribution < -0.4 is 5.32 Å². The van der Waals surface area contributed by atoms with Crippen molar-refractivity contribution in [2.75, 3.05) is 6.54 Å². The van der Waals surface area contributed by atoms with Crippen LogP contribution in [0.2, 0.25) is 0 Å². The van der Waals surface area contributed by atoms with Crippen LogP contribution in [0.4, 0.5) is 13.2 Å². The van der Waals surface area contributed by atoms with Crippen LogP contribution in [-0.2, 0) is 12.7 Å². The Hall–Kier alpha value is -1.82. The van der Waals surface area contributed by atoms with E-state index in [9.17, 15) is 13.2 Å². The lowest BCUT2D eigenvalue weighted by molar-refractivity contribution is -0.137. The summed E-state index contributed by atoms with van der Waals surface area (Å²) in [6.45, 7) is 3.60. The van der Waals surface area contributed by atoms with Crippen molar-refractivity contribution in [3.05, 3.63) is 54.1 Å². The number of rotatable bonds is 6. The number of hydrogen-bond acceptors (Lipinski definition) is 2. The molecule has 0 saturated carbocycles. The molecule has 0 bridgehead atoms. The molecular weight excluding hydrogens is 279 g/mol. The van der Waals surface area contributed by atoms with Crippen molar-refractivity contribution in [1.29, 1.82) is 0 Å². The monoisotopic (exact) mass is 297 g/mol. The third-order valence-corrected chi connectivity index (χ3v) is 3.34. The topological polar surface area (TPSA) is 29.9 Å². The molecule has 0 aliphatic carbocycles. The van der Waals surface area contributed by atoms with E-state index in [0.717, 1.165) is 37.2 Å². The molecule has 2 rings (SSSR count). The molecule has 0 aliphatic heterocycles. The first kappa shape index (κ1) is 15.6. The average molecular weight is 297 g/mol. The van der Waals surface area contributed by atoms with Gasteiger partial charge in [0.1, 0.15) is 0 Å². The average Bonchev–Trinajstić information content (AvgIpc) is 2.96. The molecule has 0 aliphatic rings. The molecule has 1 heterocycles. The number of benzene rings is 1. The number of halogens is 3. The predicted molar refractivity (Wildman–Crippen MR) is 74.7 cm³/mol. The van der Waals surface area contributed by atoms with E-state index in [1.54, 1.807) is 12.5 Å². The van der Waals surface area contributed by atoms with Gasteiger partial charge in [0.05, 0.1) is 11.9 Å². The van der Waals surface area contributed by atoms with Crippen LogP contribution in [0.3, 0.4) is 0 Å². The summed E-state index contributed by atoms with van der Waals surface area (Å²) in [6, 6.07) is 5.32. The molecular formula is C15H18F3N3. The van der Waals surface area contributed by atoms with Crippen LogP contribution in [0, 0.1) is 0 Å². The molecule has 0 radical (unpaired) electrons. The Morgan fingerprint density at radius 1 is 1.24 bits per heavy atom. The van der Waals surface area contributed by atoms with Crippen LogP contribution in [-0.4, -0.2) is 16.1 Å². The number of imidazole rings is 1. The molecule has 114 valence electrons. The van der Waals surface area contributed by atoms with Gasteiger partial charge in [-0.2, -0.15) is 13.2 Å². The van der Waals surface area contributed by atoms with Gasteiger partial charge in [-0.1, -0.05) is 12.1 Å². The Morgan fingerprint density at radius 2 is 1.95 bits per heavy atom. The summed E-state index contributed by atoms with van der Waals surface area (Å²) in [4.78, 5) is 3.96. The van der Waals surface area contributed by atoms with Crippen LogP contribution in [0.25, 0.3) is 0 Å². The smallest absolute Gasteiger partial charge is 0.337 e. The van der Waals surface area contributed by atoms with Crippen molar-refractivity contribution in [2.45, 2.75) is 32.1 Å². The Kier molecular flexibility index (Phi) is 5.01. The predicted octanol–water partition coefficient (Wildman–Crippen LogP) is 3.64. The second kappa shape index (κ2) is 6.76. The van der Waals surface area contributed by atoms with Gasteiger partial charge in [-0.3, -0.25) is 0 Å². The Balaban J connectivity index is 1.79. The normalized spacial score (nSPS) is 13.3. The Bertz CT molecular complexity index is 532. The summed E-state index contributed by atoms with van der Waals surface area (Å²) in [5.41, 5.74) is 0.240. The van der Waals surface area contributed by atoms with E-state index in [0.29, 0.717) is 0 Å². The lowest BCUT2D eigenvalue weighted by atomic mass is 10.1. The summed E-state index contributed by atoms with van der Waals surface area (Å²) in [5.74, 6) is 0. The number of alkyl halides is 3. The molecule has 0 amide bonds. The summed E-state index contributed by atoms with van der Waals surface area (Å²) in [6.07, 6.45) is 2.05. The van der Waals surface area contributed by atoms with Gasteiger partial charge in [0.25, 0.3) is 0 Å². The quantitative estimate of drug-likeness (QED) is 0.825. The summed E-state index contributed by atoms with van der Waals surface area (Å²) in [7, 11) is 0. The summed E-state index contributed by atoms with van der Waals surface area (Å²) < 4.78 is 39.4. The molecule has 1 unspecified atom stereocenters. The number of aromatic nitrogens is 2. The second-order valence-corrected chi connectivity index (χ2v) is 4.95. The molecule has 0 spiro atoms. The van der Waals surface area contributed by atoms with E-state index in [2.05, 4.69) is 10.3 Å². The largest absolute Gasteiger partial charge is 0.416 e. The van der Waals surface area contributed by atoms with Crippen LogP contribution in [0.15, 0.2) is 43.0 Å². The van der Waals surface area contributed by atoms with E-state index < -0.39 is 11.7 Å². The molecule has 3 nitrogen and oxygen atoms in total. The Labute approximate surface area is 121 Å². The minimum atomic E-state index is -4.28. The van der Waals surface area contributed by atoms with E-state index in [1.807, 2.05) is 17.7 Å². The Morgan fingerprint density at radius 3 is 2.52 bits per heavy atom. The van der Waals surface area contributed by atoms with Gasteiger partial charge in [-0.25, -0.2) is 4.98 Å². The zero-order valence-corrected chi connectivity index (χ0v) is 11.8. The summed E-state index contributed by atoms with van der Waals surface area (Å²) in [5, 5.41) is 3.30. The number of nitrogens with zero attached hydrogens (tertiary/aromatic N) is 2. The van der Waals surface area contributed by atoms with Gasteiger partial charge < -0.3 is 9.88 Å². The molecule has 1 aromatic heterocycles. The van der Waals surface area contributed by atoms with Gasteiger partial charge in [0, 0.05) is 25.0 Å². The first-order valence-electron chi connectivity index (χ1n) is 6.83. The van der Waals surface area contributed by atoms with Crippen molar-refractivity contribution >= 4 is 0 Å². The van der Waals surface area contributed by atoms with E-state index >= 15 is 0 Å². The fourth-order valence-electron chi connectivity index (χ4n) is 2.08. The minimum Gasteiger partial charge on any atom is -0.337 e. The maximum absolute atomic E-state index is 12.5. The molecule has 1 aromatic carbocycles. The van der Waals surface area contributed by atoms with Gasteiger partial charge in [0.15, 0.2) is 0 Å². The summed E-state index contributed by atoms with van der Waals surface area (Å²) >= 11 is 0.